The molecule has 0 radical (unpaired) electrons. The molecule has 5 heteroatoms. The highest BCUT2D eigenvalue weighted by Crippen LogP contribution is 2.22. The van der Waals surface area contributed by atoms with E-state index in [0.29, 0.717) is 11.1 Å². The number of nitro groups is 1. The van der Waals surface area contributed by atoms with Crippen molar-refractivity contribution in [2.45, 2.75) is 13.5 Å². The Morgan fingerprint density at radius 1 is 1.64 bits per heavy atom. The fraction of sp³-hybridized carbons (Fsp3) is 0.222. The summed E-state index contributed by atoms with van der Waals surface area (Å²) < 4.78 is 0. The first-order valence-electron chi connectivity index (χ1n) is 3.89. The van der Waals surface area contributed by atoms with E-state index in [-0.39, 0.29) is 17.9 Å². The maximum atomic E-state index is 10.5. The van der Waals surface area contributed by atoms with E-state index < -0.39 is 4.92 Å². The van der Waals surface area contributed by atoms with Gasteiger partial charge < -0.3 is 5.11 Å². The number of aliphatic hydroxyl groups excluding tert-OH is 1. The van der Waals surface area contributed by atoms with Crippen molar-refractivity contribution in [1.82, 2.24) is 0 Å². The van der Waals surface area contributed by atoms with Crippen LogP contribution in [0.15, 0.2) is 12.1 Å². The molecule has 0 aromatic heterocycles. The van der Waals surface area contributed by atoms with Crippen LogP contribution in [-0.4, -0.2) is 10.0 Å². The molecule has 72 valence electrons. The Morgan fingerprint density at radius 3 is 2.71 bits per heavy atom. The van der Waals surface area contributed by atoms with Gasteiger partial charge >= 0.3 is 0 Å². The minimum atomic E-state index is -0.628. The number of nitrogens with zero attached hydrogens (tertiary/aromatic N) is 2. The number of aryl methyl sites for hydroxylation is 1. The van der Waals surface area contributed by atoms with Crippen LogP contribution in [0.25, 0.3) is 0 Å². The van der Waals surface area contributed by atoms with Crippen molar-refractivity contribution in [2.24, 2.45) is 0 Å². The lowest BCUT2D eigenvalue weighted by Gasteiger charge is -2.02. The molecular formula is C9H8N2O3. The third-order valence-electron chi connectivity index (χ3n) is 1.94. The average molecular weight is 192 g/mol. The van der Waals surface area contributed by atoms with Crippen molar-refractivity contribution in [3.05, 3.63) is 38.9 Å². The first kappa shape index (κ1) is 10.2. The Labute approximate surface area is 80.4 Å². The van der Waals surface area contributed by atoms with E-state index in [1.54, 1.807) is 13.0 Å². The van der Waals surface area contributed by atoms with Gasteiger partial charge in [-0.1, -0.05) is 0 Å². The van der Waals surface area contributed by atoms with Crippen LogP contribution in [0.1, 0.15) is 16.7 Å². The van der Waals surface area contributed by atoms with E-state index in [1.807, 2.05) is 0 Å². The van der Waals surface area contributed by atoms with E-state index in [2.05, 4.69) is 0 Å². The third-order valence-corrected chi connectivity index (χ3v) is 1.94. The number of hydrogen-bond donors (Lipinski definition) is 1. The summed E-state index contributed by atoms with van der Waals surface area (Å²) in [7, 11) is 0. The summed E-state index contributed by atoms with van der Waals surface area (Å²) in [5.74, 6) is 0. The molecule has 0 aliphatic heterocycles. The van der Waals surface area contributed by atoms with Crippen molar-refractivity contribution in [1.29, 1.82) is 5.26 Å². The summed E-state index contributed by atoms with van der Waals surface area (Å²) in [6.07, 6.45) is 0. The SMILES string of the molecule is Cc1cc(C#N)c([N+](=O)[O-])cc1CO. The van der Waals surface area contributed by atoms with Gasteiger partial charge in [-0.3, -0.25) is 10.1 Å². The second-order valence-corrected chi connectivity index (χ2v) is 2.82. The Morgan fingerprint density at radius 2 is 2.29 bits per heavy atom. The Balaban J connectivity index is 3.42. The molecule has 0 fully saturated rings. The van der Waals surface area contributed by atoms with E-state index in [9.17, 15) is 10.1 Å². The number of benzene rings is 1. The van der Waals surface area contributed by atoms with Crippen LogP contribution in [0.4, 0.5) is 5.69 Å². The lowest BCUT2D eigenvalue weighted by Crippen LogP contribution is -1.97. The molecule has 0 bridgehead atoms. The molecular weight excluding hydrogens is 184 g/mol. The average Bonchev–Trinajstić information content (AvgIpc) is 2.16. The molecule has 5 nitrogen and oxygen atoms in total. The van der Waals surface area contributed by atoms with Crippen LogP contribution < -0.4 is 0 Å². The van der Waals surface area contributed by atoms with Crippen LogP contribution in [0.2, 0.25) is 0 Å². The zero-order chi connectivity index (χ0) is 10.7. The molecule has 0 saturated carbocycles. The first-order chi connectivity index (χ1) is 6.60. The number of nitriles is 1. The van der Waals surface area contributed by atoms with E-state index in [0.717, 1.165) is 0 Å². The Hall–Kier alpha value is -1.93. The normalized spacial score (nSPS) is 9.50. The molecule has 0 spiro atoms. The Bertz CT molecular complexity index is 421. The third kappa shape index (κ3) is 1.70. The monoisotopic (exact) mass is 192 g/mol. The van der Waals surface area contributed by atoms with E-state index in [4.69, 9.17) is 10.4 Å². The zero-order valence-corrected chi connectivity index (χ0v) is 7.52. The van der Waals surface area contributed by atoms with Gasteiger partial charge in [0, 0.05) is 6.07 Å². The quantitative estimate of drug-likeness (QED) is 0.564. The van der Waals surface area contributed by atoms with Gasteiger partial charge in [0.05, 0.1) is 11.5 Å². The van der Waals surface area contributed by atoms with Crippen molar-refractivity contribution in [3.63, 3.8) is 0 Å². The highest BCUT2D eigenvalue weighted by molar-refractivity contribution is 5.53. The predicted octanol–water partition coefficient (Wildman–Crippen LogP) is 1.27. The van der Waals surface area contributed by atoms with E-state index >= 15 is 0 Å². The maximum absolute atomic E-state index is 10.5. The van der Waals surface area contributed by atoms with Crippen LogP contribution in [0.3, 0.4) is 0 Å². The van der Waals surface area contributed by atoms with Crippen LogP contribution in [0.5, 0.6) is 0 Å². The maximum Gasteiger partial charge on any atom is 0.287 e. The van der Waals surface area contributed by atoms with Crippen molar-refractivity contribution in [2.75, 3.05) is 0 Å². The lowest BCUT2D eigenvalue weighted by molar-refractivity contribution is -0.385. The number of hydrogen-bond acceptors (Lipinski definition) is 4. The molecule has 1 aromatic rings. The van der Waals surface area contributed by atoms with Gasteiger partial charge in [-0.05, 0) is 24.1 Å². The molecule has 0 saturated heterocycles. The smallest absolute Gasteiger partial charge is 0.287 e. The van der Waals surface area contributed by atoms with Gasteiger partial charge in [-0.15, -0.1) is 0 Å². The molecule has 1 aromatic carbocycles. The highest BCUT2D eigenvalue weighted by Gasteiger charge is 2.15. The molecule has 0 heterocycles. The highest BCUT2D eigenvalue weighted by atomic mass is 16.6. The minimum absolute atomic E-state index is 0.0182. The topological polar surface area (TPSA) is 87.2 Å². The van der Waals surface area contributed by atoms with Gasteiger partial charge in [-0.25, -0.2) is 0 Å². The summed E-state index contributed by atoms with van der Waals surface area (Å²) in [6, 6.07) is 4.38. The summed E-state index contributed by atoms with van der Waals surface area (Å²) in [4.78, 5) is 9.91. The fourth-order valence-corrected chi connectivity index (χ4v) is 1.15. The first-order valence-corrected chi connectivity index (χ1v) is 3.89. The summed E-state index contributed by atoms with van der Waals surface area (Å²) in [5.41, 5.74) is 0.900. The van der Waals surface area contributed by atoms with Crippen molar-refractivity contribution in [3.8, 4) is 6.07 Å². The second-order valence-electron chi connectivity index (χ2n) is 2.82. The summed E-state index contributed by atoms with van der Waals surface area (Å²) >= 11 is 0. The summed E-state index contributed by atoms with van der Waals surface area (Å²) in [5, 5.41) is 28.1. The van der Waals surface area contributed by atoms with Crippen LogP contribution >= 0.6 is 0 Å². The largest absolute Gasteiger partial charge is 0.392 e. The van der Waals surface area contributed by atoms with Gasteiger partial charge in [0.2, 0.25) is 0 Å². The van der Waals surface area contributed by atoms with Crippen molar-refractivity contribution < 1.29 is 10.0 Å². The molecule has 1 N–H and O–H groups in total. The van der Waals surface area contributed by atoms with Crippen LogP contribution in [-0.2, 0) is 6.61 Å². The minimum Gasteiger partial charge on any atom is -0.392 e. The van der Waals surface area contributed by atoms with Gasteiger partial charge in [0.15, 0.2) is 0 Å². The fourth-order valence-electron chi connectivity index (χ4n) is 1.15. The lowest BCUT2D eigenvalue weighted by atomic mass is 10.0. The molecule has 0 aliphatic rings. The van der Waals surface area contributed by atoms with Gasteiger partial charge in [0.1, 0.15) is 11.6 Å². The zero-order valence-electron chi connectivity index (χ0n) is 7.52. The number of aliphatic hydroxyl groups is 1. The molecule has 0 aliphatic carbocycles. The molecule has 14 heavy (non-hydrogen) atoms. The van der Waals surface area contributed by atoms with Gasteiger partial charge in [0.25, 0.3) is 5.69 Å². The molecule has 0 atom stereocenters. The number of nitro benzene ring substituents is 1. The number of rotatable bonds is 2. The molecule has 0 amide bonds. The van der Waals surface area contributed by atoms with Gasteiger partial charge in [-0.2, -0.15) is 5.26 Å². The molecule has 1 rings (SSSR count). The standard InChI is InChI=1S/C9H8N2O3/c1-6-2-7(4-10)9(11(13)14)3-8(6)5-12/h2-3,12H,5H2,1H3. The summed E-state index contributed by atoms with van der Waals surface area (Å²) in [6.45, 7) is 1.43. The Kier molecular flexibility index (Phi) is 2.79. The molecule has 0 unspecified atom stereocenters. The van der Waals surface area contributed by atoms with E-state index in [1.165, 1.54) is 12.1 Å². The van der Waals surface area contributed by atoms with Crippen molar-refractivity contribution >= 4 is 5.69 Å². The second kappa shape index (κ2) is 3.85. The predicted molar refractivity (Wildman–Crippen MR) is 48.5 cm³/mol. The van der Waals surface area contributed by atoms with Crippen LogP contribution in [0, 0.1) is 28.4 Å².